The Morgan fingerprint density at radius 3 is 3.12 bits per heavy atom. The average Bonchev–Trinajstić information content (AvgIpc) is 2.75. The first-order valence-corrected chi connectivity index (χ1v) is 6.09. The van der Waals surface area contributed by atoms with Crippen LogP contribution in [0.15, 0.2) is 6.20 Å². The Morgan fingerprint density at radius 2 is 2.47 bits per heavy atom. The molecule has 0 radical (unpaired) electrons. The second kappa shape index (κ2) is 5.57. The maximum atomic E-state index is 10.2. The number of hydrogen-bond acceptors (Lipinski definition) is 5. The van der Waals surface area contributed by atoms with Gasteiger partial charge in [-0.3, -0.25) is 4.90 Å². The van der Waals surface area contributed by atoms with E-state index in [4.69, 9.17) is 4.74 Å². The van der Waals surface area contributed by atoms with Gasteiger partial charge in [0.15, 0.2) is 0 Å². The van der Waals surface area contributed by atoms with E-state index in [1.165, 1.54) is 0 Å². The van der Waals surface area contributed by atoms with E-state index >= 15 is 0 Å². The molecule has 17 heavy (non-hydrogen) atoms. The van der Waals surface area contributed by atoms with Crippen LogP contribution in [0, 0.1) is 0 Å². The number of morpholine rings is 1. The van der Waals surface area contributed by atoms with E-state index in [0.29, 0.717) is 12.3 Å². The summed E-state index contributed by atoms with van der Waals surface area (Å²) in [5, 5.41) is 17.9. The van der Waals surface area contributed by atoms with Crippen molar-refractivity contribution in [1.82, 2.24) is 19.9 Å². The Kier molecular flexibility index (Phi) is 4.09. The molecule has 1 saturated heterocycles. The van der Waals surface area contributed by atoms with Crippen LogP contribution in [0.3, 0.4) is 0 Å². The van der Waals surface area contributed by atoms with E-state index < -0.39 is 6.10 Å². The Morgan fingerprint density at radius 1 is 1.65 bits per heavy atom. The lowest BCUT2D eigenvalue weighted by atomic mass is 10.1. The number of aryl methyl sites for hydroxylation is 1. The first kappa shape index (κ1) is 12.5. The highest BCUT2D eigenvalue weighted by Crippen LogP contribution is 2.21. The van der Waals surface area contributed by atoms with E-state index in [1.807, 2.05) is 0 Å². The summed E-state index contributed by atoms with van der Waals surface area (Å²) in [4.78, 5) is 2.32. The Bertz CT molecular complexity index is 353. The summed E-state index contributed by atoms with van der Waals surface area (Å²) in [5.74, 6) is 0. The number of hydrogen-bond donors (Lipinski definition) is 1. The molecule has 0 aromatic carbocycles. The number of aromatic nitrogens is 3. The smallest absolute Gasteiger partial charge is 0.125 e. The molecule has 6 nitrogen and oxygen atoms in total. The van der Waals surface area contributed by atoms with Crippen LogP contribution in [0.5, 0.6) is 0 Å². The lowest BCUT2D eigenvalue weighted by Gasteiger charge is -2.34. The molecule has 0 bridgehead atoms. The van der Waals surface area contributed by atoms with Crippen molar-refractivity contribution in [2.24, 2.45) is 7.05 Å². The van der Waals surface area contributed by atoms with Gasteiger partial charge in [0.05, 0.1) is 18.5 Å². The molecule has 1 N–H and O–H groups in total. The predicted molar refractivity (Wildman–Crippen MR) is 62.4 cm³/mol. The third-order valence-corrected chi connectivity index (χ3v) is 3.12. The molecule has 1 aliphatic heterocycles. The molecule has 0 saturated carbocycles. The van der Waals surface area contributed by atoms with Gasteiger partial charge in [0.1, 0.15) is 12.2 Å². The van der Waals surface area contributed by atoms with Crippen molar-refractivity contribution in [3.05, 3.63) is 11.9 Å². The second-order valence-corrected chi connectivity index (χ2v) is 4.44. The summed E-state index contributed by atoms with van der Waals surface area (Å²) in [6.07, 6.45) is 1.87. The molecular weight excluding hydrogens is 220 g/mol. The van der Waals surface area contributed by atoms with Crippen LogP contribution in [-0.2, 0) is 11.8 Å². The van der Waals surface area contributed by atoms with E-state index in [0.717, 1.165) is 26.1 Å². The van der Waals surface area contributed by atoms with E-state index in [1.54, 1.807) is 17.9 Å². The van der Waals surface area contributed by atoms with Crippen LogP contribution < -0.4 is 0 Å². The molecule has 1 fully saturated rings. The summed E-state index contributed by atoms with van der Waals surface area (Å²) in [7, 11) is 1.78. The second-order valence-electron chi connectivity index (χ2n) is 4.44. The van der Waals surface area contributed by atoms with Crippen LogP contribution in [0.25, 0.3) is 0 Å². The zero-order chi connectivity index (χ0) is 12.3. The molecule has 1 aliphatic rings. The van der Waals surface area contributed by atoms with Crippen molar-refractivity contribution in [2.75, 3.05) is 26.2 Å². The van der Waals surface area contributed by atoms with Crippen molar-refractivity contribution in [1.29, 1.82) is 0 Å². The maximum absolute atomic E-state index is 10.2. The van der Waals surface area contributed by atoms with Crippen LogP contribution >= 0.6 is 0 Å². The molecule has 0 aliphatic carbocycles. The van der Waals surface area contributed by atoms with Crippen molar-refractivity contribution in [3.63, 3.8) is 0 Å². The molecule has 2 unspecified atom stereocenters. The summed E-state index contributed by atoms with van der Waals surface area (Å²) in [6.45, 7) is 5.59. The molecule has 6 heteroatoms. The molecule has 2 heterocycles. The maximum Gasteiger partial charge on any atom is 0.125 e. The van der Waals surface area contributed by atoms with Crippen molar-refractivity contribution < 1.29 is 9.84 Å². The van der Waals surface area contributed by atoms with Gasteiger partial charge >= 0.3 is 0 Å². The number of ether oxygens (including phenoxy) is 1. The third kappa shape index (κ3) is 2.83. The van der Waals surface area contributed by atoms with E-state index in [9.17, 15) is 5.11 Å². The molecule has 0 amide bonds. The number of rotatable bonds is 4. The normalized spacial score (nSPS) is 23.8. The van der Waals surface area contributed by atoms with Crippen molar-refractivity contribution in [2.45, 2.75) is 25.6 Å². The largest absolute Gasteiger partial charge is 0.384 e. The number of nitrogens with zero attached hydrogens (tertiary/aromatic N) is 4. The molecule has 2 atom stereocenters. The molecular formula is C11H20N4O2. The fourth-order valence-electron chi connectivity index (χ4n) is 2.20. The van der Waals surface area contributed by atoms with Crippen LogP contribution in [0.1, 0.15) is 25.1 Å². The number of aliphatic hydroxyl groups excluding tert-OH is 1. The highest BCUT2D eigenvalue weighted by Gasteiger charge is 2.29. The molecule has 1 aromatic rings. The summed E-state index contributed by atoms with van der Waals surface area (Å²) in [6, 6.07) is 0. The van der Waals surface area contributed by atoms with Crippen LogP contribution in [0.4, 0.5) is 0 Å². The van der Waals surface area contributed by atoms with Crippen LogP contribution in [-0.4, -0.2) is 57.3 Å². The third-order valence-electron chi connectivity index (χ3n) is 3.12. The first-order chi connectivity index (χ1) is 8.22. The lowest BCUT2D eigenvalue weighted by molar-refractivity contribution is -0.0919. The highest BCUT2D eigenvalue weighted by molar-refractivity contribution is 5.02. The first-order valence-electron chi connectivity index (χ1n) is 6.09. The molecule has 1 aromatic heterocycles. The van der Waals surface area contributed by atoms with Crippen LogP contribution in [0.2, 0.25) is 0 Å². The van der Waals surface area contributed by atoms with Gasteiger partial charge in [-0.15, -0.1) is 5.10 Å². The Balaban J connectivity index is 1.99. The van der Waals surface area contributed by atoms with Gasteiger partial charge in [-0.25, -0.2) is 4.68 Å². The standard InChI is InChI=1S/C11H20N4O2/c1-3-4-15-5-6-17-10(8-15)11(16)9-7-12-13-14(9)2/h7,10-11,16H,3-6,8H2,1-2H3. The van der Waals surface area contributed by atoms with Gasteiger partial charge in [-0.05, 0) is 13.0 Å². The lowest BCUT2D eigenvalue weighted by Crippen LogP contribution is -2.45. The van der Waals surface area contributed by atoms with Crippen molar-refractivity contribution in [3.8, 4) is 0 Å². The molecule has 0 spiro atoms. The minimum absolute atomic E-state index is 0.188. The fourth-order valence-corrected chi connectivity index (χ4v) is 2.20. The SMILES string of the molecule is CCCN1CCOC(C(O)c2cnnn2C)C1. The molecule has 2 rings (SSSR count). The van der Waals surface area contributed by atoms with Crippen molar-refractivity contribution >= 4 is 0 Å². The monoisotopic (exact) mass is 240 g/mol. The topological polar surface area (TPSA) is 63.4 Å². The van der Waals surface area contributed by atoms with Gasteiger partial charge in [0.25, 0.3) is 0 Å². The Hall–Kier alpha value is -0.980. The minimum Gasteiger partial charge on any atom is -0.384 e. The summed E-state index contributed by atoms with van der Waals surface area (Å²) >= 11 is 0. The van der Waals surface area contributed by atoms with E-state index in [2.05, 4.69) is 22.1 Å². The average molecular weight is 240 g/mol. The highest BCUT2D eigenvalue weighted by atomic mass is 16.5. The zero-order valence-corrected chi connectivity index (χ0v) is 10.4. The predicted octanol–water partition coefficient (Wildman–Crippen LogP) is -0.0407. The van der Waals surface area contributed by atoms with E-state index in [-0.39, 0.29) is 6.10 Å². The van der Waals surface area contributed by atoms with Gasteiger partial charge in [-0.2, -0.15) is 0 Å². The quantitative estimate of drug-likeness (QED) is 0.800. The van der Waals surface area contributed by atoms with Gasteiger partial charge in [0.2, 0.25) is 0 Å². The van der Waals surface area contributed by atoms with Gasteiger partial charge in [-0.1, -0.05) is 12.1 Å². The number of aliphatic hydroxyl groups is 1. The summed E-state index contributed by atoms with van der Waals surface area (Å²) in [5.41, 5.74) is 0.702. The van der Waals surface area contributed by atoms with Gasteiger partial charge < -0.3 is 9.84 Å². The molecule has 96 valence electrons. The zero-order valence-electron chi connectivity index (χ0n) is 10.4. The minimum atomic E-state index is -0.658. The summed E-state index contributed by atoms with van der Waals surface area (Å²) < 4.78 is 7.22. The van der Waals surface area contributed by atoms with Gasteiger partial charge in [0, 0.05) is 20.1 Å². The Labute approximate surface area is 101 Å². The fraction of sp³-hybridized carbons (Fsp3) is 0.818.